The normalized spacial score (nSPS) is 19.2. The zero-order valence-electron chi connectivity index (χ0n) is 13.0. The Morgan fingerprint density at radius 1 is 1.50 bits per heavy atom. The van der Waals surface area contributed by atoms with Crippen molar-refractivity contribution in [3.8, 4) is 0 Å². The first-order chi connectivity index (χ1) is 10.7. The zero-order chi connectivity index (χ0) is 15.4. The number of hydrogen-bond acceptors (Lipinski definition) is 3. The van der Waals surface area contributed by atoms with E-state index in [0.29, 0.717) is 5.92 Å². The fourth-order valence-corrected chi connectivity index (χ4v) is 3.86. The van der Waals surface area contributed by atoms with E-state index in [2.05, 4.69) is 32.7 Å². The summed E-state index contributed by atoms with van der Waals surface area (Å²) in [6, 6.07) is 6.15. The van der Waals surface area contributed by atoms with Gasteiger partial charge in [-0.25, -0.2) is 0 Å². The standard InChI is InChI=1S/C17H23N3OS/c1-13-16(6-7-18-13)17(21)19-10-14-4-2-8-20(11-14)12-15-5-3-9-22-15/h3,5-7,9,14,18H,2,4,8,10-12H2,1H3,(H,19,21)/t14-/m0/s1. The summed E-state index contributed by atoms with van der Waals surface area (Å²) >= 11 is 1.82. The summed E-state index contributed by atoms with van der Waals surface area (Å²) in [6.45, 7) is 5.98. The van der Waals surface area contributed by atoms with Gasteiger partial charge in [0.1, 0.15) is 0 Å². The molecule has 1 amide bonds. The van der Waals surface area contributed by atoms with Gasteiger partial charge in [-0.15, -0.1) is 11.3 Å². The lowest BCUT2D eigenvalue weighted by molar-refractivity contribution is 0.0930. The molecule has 0 aromatic carbocycles. The molecule has 1 fully saturated rings. The highest BCUT2D eigenvalue weighted by Gasteiger charge is 2.21. The molecule has 2 aromatic rings. The van der Waals surface area contributed by atoms with Gasteiger partial charge in [0.05, 0.1) is 5.56 Å². The highest BCUT2D eigenvalue weighted by molar-refractivity contribution is 7.09. The summed E-state index contributed by atoms with van der Waals surface area (Å²) in [4.78, 5) is 19.1. The van der Waals surface area contributed by atoms with E-state index in [1.54, 1.807) is 0 Å². The third kappa shape index (κ3) is 3.78. The Morgan fingerprint density at radius 3 is 3.14 bits per heavy atom. The quantitative estimate of drug-likeness (QED) is 0.890. The Balaban J connectivity index is 1.48. The van der Waals surface area contributed by atoms with Gasteiger partial charge >= 0.3 is 0 Å². The smallest absolute Gasteiger partial charge is 0.253 e. The molecular weight excluding hydrogens is 294 g/mol. The number of aromatic nitrogens is 1. The highest BCUT2D eigenvalue weighted by Crippen LogP contribution is 2.20. The van der Waals surface area contributed by atoms with Crippen molar-refractivity contribution in [2.45, 2.75) is 26.3 Å². The first-order valence-corrected chi connectivity index (χ1v) is 8.77. The zero-order valence-corrected chi connectivity index (χ0v) is 13.8. The number of thiophene rings is 1. The average molecular weight is 317 g/mol. The minimum atomic E-state index is 0.0362. The van der Waals surface area contributed by atoms with E-state index >= 15 is 0 Å². The Kier molecular flexibility index (Phi) is 4.95. The first kappa shape index (κ1) is 15.3. The molecule has 4 nitrogen and oxygen atoms in total. The van der Waals surface area contributed by atoms with Crippen molar-refractivity contribution in [2.24, 2.45) is 5.92 Å². The number of amides is 1. The van der Waals surface area contributed by atoms with E-state index in [9.17, 15) is 4.79 Å². The van der Waals surface area contributed by atoms with Crippen LogP contribution in [-0.4, -0.2) is 35.4 Å². The van der Waals surface area contributed by atoms with E-state index in [1.165, 1.54) is 24.3 Å². The molecule has 0 saturated carbocycles. The molecule has 3 heterocycles. The van der Waals surface area contributed by atoms with Gasteiger partial charge in [0.25, 0.3) is 5.91 Å². The predicted octanol–water partition coefficient (Wildman–Crippen LogP) is 3.03. The molecule has 1 saturated heterocycles. The van der Waals surface area contributed by atoms with Crippen molar-refractivity contribution < 1.29 is 4.79 Å². The van der Waals surface area contributed by atoms with Crippen LogP contribution < -0.4 is 5.32 Å². The molecule has 0 radical (unpaired) electrons. The largest absolute Gasteiger partial charge is 0.365 e. The third-order valence-corrected chi connectivity index (χ3v) is 5.17. The van der Waals surface area contributed by atoms with Crippen molar-refractivity contribution in [1.82, 2.24) is 15.2 Å². The number of aryl methyl sites for hydroxylation is 1. The van der Waals surface area contributed by atoms with Crippen LogP contribution in [0.1, 0.15) is 33.8 Å². The second-order valence-corrected chi connectivity index (χ2v) is 7.08. The van der Waals surface area contributed by atoms with Gasteiger partial charge in [-0.3, -0.25) is 9.69 Å². The minimum Gasteiger partial charge on any atom is -0.365 e. The van der Waals surface area contributed by atoms with E-state index in [4.69, 9.17) is 0 Å². The summed E-state index contributed by atoms with van der Waals surface area (Å²) < 4.78 is 0. The van der Waals surface area contributed by atoms with Crippen LogP contribution in [0.2, 0.25) is 0 Å². The summed E-state index contributed by atoms with van der Waals surface area (Å²) in [7, 11) is 0. The van der Waals surface area contributed by atoms with Gasteiger partial charge in [-0.2, -0.15) is 0 Å². The molecule has 0 bridgehead atoms. The monoisotopic (exact) mass is 317 g/mol. The fraction of sp³-hybridized carbons (Fsp3) is 0.471. The van der Waals surface area contributed by atoms with Crippen molar-refractivity contribution in [3.63, 3.8) is 0 Å². The van der Waals surface area contributed by atoms with Crippen LogP contribution >= 0.6 is 11.3 Å². The van der Waals surface area contributed by atoms with Gasteiger partial charge in [-0.1, -0.05) is 6.07 Å². The molecule has 1 aliphatic rings. The maximum absolute atomic E-state index is 12.2. The van der Waals surface area contributed by atoms with Gasteiger partial charge < -0.3 is 10.3 Å². The van der Waals surface area contributed by atoms with Crippen LogP contribution in [0.4, 0.5) is 0 Å². The average Bonchev–Trinajstić information content (AvgIpc) is 3.17. The highest BCUT2D eigenvalue weighted by atomic mass is 32.1. The van der Waals surface area contributed by atoms with Crippen LogP contribution in [0.25, 0.3) is 0 Å². The molecule has 2 aromatic heterocycles. The Labute approximate surface area is 135 Å². The molecule has 2 N–H and O–H groups in total. The topological polar surface area (TPSA) is 48.1 Å². The van der Waals surface area contributed by atoms with E-state index in [1.807, 2.05) is 30.5 Å². The SMILES string of the molecule is Cc1[nH]ccc1C(=O)NC[C@@H]1CCCN(Cc2cccs2)C1. The van der Waals surface area contributed by atoms with Gasteiger partial charge in [0.15, 0.2) is 0 Å². The Hall–Kier alpha value is -1.59. The van der Waals surface area contributed by atoms with Gasteiger partial charge in [-0.05, 0) is 49.7 Å². The lowest BCUT2D eigenvalue weighted by Gasteiger charge is -2.32. The van der Waals surface area contributed by atoms with Crippen LogP contribution in [0.5, 0.6) is 0 Å². The number of nitrogens with zero attached hydrogens (tertiary/aromatic N) is 1. The summed E-state index contributed by atoms with van der Waals surface area (Å²) in [6.07, 6.45) is 4.23. The summed E-state index contributed by atoms with van der Waals surface area (Å²) in [5.41, 5.74) is 1.69. The van der Waals surface area contributed by atoms with Gasteiger partial charge in [0.2, 0.25) is 0 Å². The molecule has 5 heteroatoms. The molecule has 22 heavy (non-hydrogen) atoms. The van der Waals surface area contributed by atoms with Crippen molar-refractivity contribution in [1.29, 1.82) is 0 Å². The Bertz CT molecular complexity index is 605. The number of piperidine rings is 1. The number of carbonyl (C=O) groups is 1. The molecule has 0 aliphatic carbocycles. The number of carbonyl (C=O) groups excluding carboxylic acids is 1. The minimum absolute atomic E-state index is 0.0362. The number of likely N-dealkylation sites (tertiary alicyclic amines) is 1. The van der Waals surface area contributed by atoms with E-state index in [0.717, 1.165) is 30.9 Å². The second kappa shape index (κ2) is 7.11. The lowest BCUT2D eigenvalue weighted by Crippen LogP contribution is -2.40. The first-order valence-electron chi connectivity index (χ1n) is 7.89. The van der Waals surface area contributed by atoms with E-state index in [-0.39, 0.29) is 5.91 Å². The van der Waals surface area contributed by atoms with Crippen LogP contribution in [0.3, 0.4) is 0 Å². The van der Waals surface area contributed by atoms with Crippen molar-refractivity contribution >= 4 is 17.2 Å². The second-order valence-electron chi connectivity index (χ2n) is 6.05. The molecule has 118 valence electrons. The molecular formula is C17H23N3OS. The van der Waals surface area contributed by atoms with Crippen molar-refractivity contribution in [3.05, 3.63) is 45.9 Å². The molecule has 0 spiro atoms. The number of H-pyrrole nitrogens is 1. The fourth-order valence-electron chi connectivity index (χ4n) is 3.12. The third-order valence-electron chi connectivity index (χ3n) is 4.31. The summed E-state index contributed by atoms with van der Waals surface area (Å²) in [5, 5.41) is 5.23. The maximum atomic E-state index is 12.2. The number of rotatable bonds is 5. The Morgan fingerprint density at radius 2 is 2.41 bits per heavy atom. The summed E-state index contributed by atoms with van der Waals surface area (Å²) in [5.74, 6) is 0.589. The van der Waals surface area contributed by atoms with Crippen molar-refractivity contribution in [2.75, 3.05) is 19.6 Å². The van der Waals surface area contributed by atoms with Crippen LogP contribution in [-0.2, 0) is 6.54 Å². The van der Waals surface area contributed by atoms with Gasteiger partial charge in [0, 0.05) is 36.4 Å². The number of hydrogen-bond donors (Lipinski definition) is 2. The lowest BCUT2D eigenvalue weighted by atomic mass is 9.98. The maximum Gasteiger partial charge on any atom is 0.253 e. The molecule has 0 unspecified atom stereocenters. The predicted molar refractivity (Wildman–Crippen MR) is 90.2 cm³/mol. The van der Waals surface area contributed by atoms with Crippen LogP contribution in [0.15, 0.2) is 29.8 Å². The molecule has 1 atom stereocenters. The molecule has 1 aliphatic heterocycles. The number of aromatic amines is 1. The van der Waals surface area contributed by atoms with Crippen LogP contribution in [0, 0.1) is 12.8 Å². The van der Waals surface area contributed by atoms with E-state index < -0.39 is 0 Å². The number of nitrogens with one attached hydrogen (secondary N) is 2. The molecule has 3 rings (SSSR count).